The van der Waals surface area contributed by atoms with Gasteiger partial charge in [-0.15, -0.1) is 0 Å². The van der Waals surface area contributed by atoms with Gasteiger partial charge in [0.1, 0.15) is 73.2 Å². The number of hydrogen-bond acceptors (Lipinski definition) is 18. The Bertz CT molecular complexity index is 1760. The van der Waals surface area contributed by atoms with E-state index in [1.54, 1.807) is 0 Å². The van der Waals surface area contributed by atoms with E-state index in [1.807, 2.05) is 0 Å². The minimum atomic E-state index is -1.97. The number of hydrogen-bond donors (Lipinski definition) is 12. The molecule has 17 unspecified atom stereocenters. The first-order valence-corrected chi connectivity index (χ1v) is 40.8. The van der Waals surface area contributed by atoms with Gasteiger partial charge in [0.15, 0.2) is 18.9 Å². The molecule has 0 radical (unpaired) electrons. The van der Waals surface area contributed by atoms with Gasteiger partial charge in [0, 0.05) is 6.42 Å². The van der Waals surface area contributed by atoms with E-state index in [0.717, 1.165) is 44.9 Å². The summed E-state index contributed by atoms with van der Waals surface area (Å²) in [5.41, 5.74) is 0. The largest absolute Gasteiger partial charge is 0.394 e. The van der Waals surface area contributed by atoms with Crippen LogP contribution in [0, 0.1) is 0 Å². The van der Waals surface area contributed by atoms with E-state index >= 15 is 0 Å². The van der Waals surface area contributed by atoms with Crippen molar-refractivity contribution in [2.24, 2.45) is 0 Å². The number of nitrogens with one attached hydrogen (secondary N) is 1. The van der Waals surface area contributed by atoms with Crippen LogP contribution in [0.2, 0.25) is 0 Å². The molecule has 3 saturated heterocycles. The van der Waals surface area contributed by atoms with Crippen LogP contribution in [0.1, 0.15) is 361 Å². The Morgan fingerprint density at radius 2 is 0.588 bits per heavy atom. The minimum Gasteiger partial charge on any atom is -0.394 e. The Labute approximate surface area is 589 Å². The molecule has 0 spiro atoms. The van der Waals surface area contributed by atoms with Gasteiger partial charge < -0.3 is 89.9 Å². The molecule has 3 rings (SSSR count). The SMILES string of the molecule is CCCCCCCCCCCCCCCCCCCCCCCCCCCCCCCC(O)C(COC1OC(CO)C(OC2OC(CO)C(OC3OC(CO)C(O)C(O)C3O)C(O)C2O)C(O)C1O)NC(=O)CCCCCCCCCCCCCCCCCCCCCCCCC. The molecule has 576 valence electrons. The number of aliphatic hydroxyl groups excluding tert-OH is 11. The average molecular weight is 1390 g/mol. The van der Waals surface area contributed by atoms with Crippen LogP contribution in [0.25, 0.3) is 0 Å². The van der Waals surface area contributed by atoms with Crippen LogP contribution in [0.4, 0.5) is 0 Å². The molecule has 19 heteroatoms. The smallest absolute Gasteiger partial charge is 0.220 e. The molecule has 0 aromatic heterocycles. The maximum Gasteiger partial charge on any atom is 0.220 e. The van der Waals surface area contributed by atoms with Crippen molar-refractivity contribution in [3.63, 3.8) is 0 Å². The number of ether oxygens (including phenoxy) is 6. The highest BCUT2D eigenvalue weighted by atomic mass is 16.8. The van der Waals surface area contributed by atoms with Crippen molar-refractivity contribution in [1.29, 1.82) is 0 Å². The third-order valence-corrected chi connectivity index (χ3v) is 20.9. The summed E-state index contributed by atoms with van der Waals surface area (Å²) in [6, 6.07) is -0.883. The topological polar surface area (TPSA) is 307 Å². The summed E-state index contributed by atoms with van der Waals surface area (Å²) in [6.07, 6.45) is 41.9. The summed E-state index contributed by atoms with van der Waals surface area (Å²) in [5.74, 6) is -0.233. The number of rotatable bonds is 66. The number of carbonyl (C=O) groups is 1. The maximum absolute atomic E-state index is 13.5. The summed E-state index contributed by atoms with van der Waals surface area (Å²) < 4.78 is 34.5. The summed E-state index contributed by atoms with van der Waals surface area (Å²) in [6.45, 7) is 1.88. The lowest BCUT2D eigenvalue weighted by atomic mass is 9.96. The number of unbranched alkanes of at least 4 members (excludes halogenated alkanes) is 50. The van der Waals surface area contributed by atoms with Crippen molar-refractivity contribution in [2.75, 3.05) is 26.4 Å². The van der Waals surface area contributed by atoms with Gasteiger partial charge in [-0.2, -0.15) is 0 Å². The lowest BCUT2D eigenvalue weighted by Gasteiger charge is -2.48. The fraction of sp³-hybridized carbons (Fsp3) is 0.987. The van der Waals surface area contributed by atoms with Crippen LogP contribution in [-0.4, -0.2) is 193 Å². The minimum absolute atomic E-state index is 0.233. The van der Waals surface area contributed by atoms with Gasteiger partial charge in [-0.25, -0.2) is 0 Å². The van der Waals surface area contributed by atoms with E-state index in [1.165, 1.54) is 283 Å². The Balaban J connectivity index is 1.36. The van der Waals surface area contributed by atoms with Crippen molar-refractivity contribution in [1.82, 2.24) is 5.32 Å². The van der Waals surface area contributed by atoms with E-state index in [9.17, 15) is 61.0 Å². The Morgan fingerprint density at radius 3 is 0.897 bits per heavy atom. The zero-order valence-electron chi connectivity index (χ0n) is 61.6. The highest BCUT2D eigenvalue weighted by Gasteiger charge is 2.54. The molecular formula is C78H151NO18. The molecule has 3 aliphatic heterocycles. The Kier molecular flexibility index (Phi) is 55.8. The molecule has 12 N–H and O–H groups in total. The normalized spacial score (nSPS) is 26.8. The average Bonchev–Trinajstić information content (AvgIpc) is 0.789. The summed E-state index contributed by atoms with van der Waals surface area (Å²) in [4.78, 5) is 13.5. The molecule has 3 fully saturated rings. The molecule has 0 aliphatic carbocycles. The van der Waals surface area contributed by atoms with E-state index < -0.39 is 124 Å². The van der Waals surface area contributed by atoms with Crippen molar-refractivity contribution in [3.05, 3.63) is 0 Å². The van der Waals surface area contributed by atoms with Gasteiger partial charge in [0.05, 0.1) is 38.6 Å². The van der Waals surface area contributed by atoms with E-state index in [-0.39, 0.29) is 18.9 Å². The lowest BCUT2D eigenvalue weighted by molar-refractivity contribution is -0.379. The number of amides is 1. The van der Waals surface area contributed by atoms with Gasteiger partial charge in [-0.3, -0.25) is 4.79 Å². The van der Waals surface area contributed by atoms with Crippen molar-refractivity contribution < 1.29 is 89.4 Å². The molecule has 0 aromatic rings. The first kappa shape index (κ1) is 90.0. The second-order valence-electron chi connectivity index (χ2n) is 29.6. The molecule has 97 heavy (non-hydrogen) atoms. The van der Waals surface area contributed by atoms with Gasteiger partial charge in [-0.1, -0.05) is 341 Å². The second kappa shape index (κ2) is 60.1. The fourth-order valence-electron chi connectivity index (χ4n) is 14.4. The zero-order chi connectivity index (χ0) is 70.4. The monoisotopic (exact) mass is 1390 g/mol. The van der Waals surface area contributed by atoms with Crippen molar-refractivity contribution >= 4 is 5.91 Å². The number of aliphatic hydroxyl groups is 11. The van der Waals surface area contributed by atoms with Gasteiger partial charge >= 0.3 is 0 Å². The third kappa shape index (κ3) is 40.6. The van der Waals surface area contributed by atoms with Gasteiger partial charge in [0.2, 0.25) is 5.91 Å². The predicted octanol–water partition coefficient (Wildman–Crippen LogP) is 13.4. The first-order valence-electron chi connectivity index (χ1n) is 40.8. The highest BCUT2D eigenvalue weighted by molar-refractivity contribution is 5.76. The molecule has 0 saturated carbocycles. The molecule has 3 heterocycles. The van der Waals surface area contributed by atoms with Crippen molar-refractivity contribution in [2.45, 2.75) is 465 Å². The van der Waals surface area contributed by atoms with Crippen LogP contribution in [0.15, 0.2) is 0 Å². The van der Waals surface area contributed by atoms with Crippen LogP contribution in [0.5, 0.6) is 0 Å². The van der Waals surface area contributed by atoms with E-state index in [4.69, 9.17) is 28.4 Å². The maximum atomic E-state index is 13.5. The third-order valence-electron chi connectivity index (χ3n) is 20.9. The predicted molar refractivity (Wildman–Crippen MR) is 384 cm³/mol. The molecule has 1 amide bonds. The van der Waals surface area contributed by atoms with E-state index in [0.29, 0.717) is 12.8 Å². The molecule has 0 aromatic carbocycles. The van der Waals surface area contributed by atoms with Crippen LogP contribution < -0.4 is 5.32 Å². The van der Waals surface area contributed by atoms with Gasteiger partial charge in [0.25, 0.3) is 0 Å². The zero-order valence-corrected chi connectivity index (χ0v) is 61.6. The van der Waals surface area contributed by atoms with Crippen molar-refractivity contribution in [3.8, 4) is 0 Å². The standard InChI is InChI=1S/C78H151NO18/c1-3-5-7-9-11-13-15-17-19-21-23-25-27-28-29-30-31-32-34-35-37-39-41-43-45-47-49-51-53-55-62(83)61(79-66(84)56-54-52-50-48-46-44-42-40-38-36-33-26-24-22-20-18-16-14-12-10-8-6-4-2)60-92-76-72(90)69(87)74(64(58-81)94-76)97-78-73(91)70(88)75(65(59-82)95-78)96-77-71(89)68(86)67(85)63(57-80)93-77/h61-65,67-78,80-83,85-91H,3-60H2,1-2H3,(H,79,84). The second-order valence-corrected chi connectivity index (χ2v) is 29.6. The number of carbonyl (C=O) groups excluding carboxylic acids is 1. The molecule has 0 bridgehead atoms. The fourth-order valence-corrected chi connectivity index (χ4v) is 14.4. The first-order chi connectivity index (χ1) is 47.3. The molecule has 17 atom stereocenters. The van der Waals surface area contributed by atoms with Crippen LogP contribution in [-0.2, 0) is 33.2 Å². The molecule has 19 nitrogen and oxygen atoms in total. The Morgan fingerprint density at radius 1 is 0.330 bits per heavy atom. The van der Waals surface area contributed by atoms with Crippen LogP contribution in [0.3, 0.4) is 0 Å². The summed E-state index contributed by atoms with van der Waals surface area (Å²) in [5, 5.41) is 121. The molecular weight excluding hydrogens is 1240 g/mol. The van der Waals surface area contributed by atoms with Crippen LogP contribution >= 0.6 is 0 Å². The summed E-state index contributed by atoms with van der Waals surface area (Å²) in [7, 11) is 0. The Hall–Kier alpha value is -1.21. The van der Waals surface area contributed by atoms with Gasteiger partial charge in [-0.05, 0) is 12.8 Å². The summed E-state index contributed by atoms with van der Waals surface area (Å²) >= 11 is 0. The quantitative estimate of drug-likeness (QED) is 0.0252. The highest BCUT2D eigenvalue weighted by Crippen LogP contribution is 2.33. The molecule has 3 aliphatic rings. The lowest BCUT2D eigenvalue weighted by Crippen LogP contribution is -2.66. The van der Waals surface area contributed by atoms with E-state index in [2.05, 4.69) is 19.2 Å².